The molecule has 2 aromatic carbocycles. The Hall–Kier alpha value is -2.99. The second-order valence-corrected chi connectivity index (χ2v) is 7.01. The van der Waals surface area contributed by atoms with Crippen LogP contribution in [-0.2, 0) is 6.42 Å². The molecule has 5 nitrogen and oxygen atoms in total. The van der Waals surface area contributed by atoms with Gasteiger partial charge < -0.3 is 0 Å². The van der Waals surface area contributed by atoms with Crippen LogP contribution in [0.1, 0.15) is 28.5 Å². The SMILES string of the molecule is CCc1ccccc1-n1ncc(C(=O)Nc2nc3ccccc3s2)c1C. The number of fused-ring (bicyclic) bond motifs is 1. The fourth-order valence-electron chi connectivity index (χ4n) is 2.98. The zero-order valence-corrected chi connectivity index (χ0v) is 15.4. The van der Waals surface area contributed by atoms with Gasteiger partial charge in [-0.05, 0) is 37.1 Å². The highest BCUT2D eigenvalue weighted by molar-refractivity contribution is 7.22. The molecule has 0 aliphatic rings. The molecule has 0 fully saturated rings. The van der Waals surface area contributed by atoms with Gasteiger partial charge in [-0.15, -0.1) is 0 Å². The zero-order valence-electron chi connectivity index (χ0n) is 14.6. The second kappa shape index (κ2) is 6.72. The van der Waals surface area contributed by atoms with Crippen molar-refractivity contribution in [2.24, 2.45) is 0 Å². The van der Waals surface area contributed by atoms with Crippen molar-refractivity contribution in [1.82, 2.24) is 14.8 Å². The Morgan fingerprint density at radius 2 is 1.92 bits per heavy atom. The summed E-state index contributed by atoms with van der Waals surface area (Å²) in [6, 6.07) is 15.9. The topological polar surface area (TPSA) is 59.8 Å². The molecule has 130 valence electrons. The molecule has 1 N–H and O–H groups in total. The van der Waals surface area contributed by atoms with Crippen molar-refractivity contribution < 1.29 is 4.79 Å². The Bertz CT molecular complexity index is 1060. The summed E-state index contributed by atoms with van der Waals surface area (Å²) >= 11 is 1.47. The van der Waals surface area contributed by atoms with Crippen LogP contribution in [0.2, 0.25) is 0 Å². The van der Waals surface area contributed by atoms with E-state index < -0.39 is 0 Å². The Kier molecular flexibility index (Phi) is 4.26. The number of aromatic nitrogens is 3. The van der Waals surface area contributed by atoms with E-state index in [9.17, 15) is 4.79 Å². The lowest BCUT2D eigenvalue weighted by atomic mass is 10.1. The monoisotopic (exact) mass is 362 g/mol. The van der Waals surface area contributed by atoms with Gasteiger partial charge in [0.2, 0.25) is 0 Å². The lowest BCUT2D eigenvalue weighted by Gasteiger charge is -2.10. The Morgan fingerprint density at radius 3 is 2.73 bits per heavy atom. The number of rotatable bonds is 4. The van der Waals surface area contributed by atoms with Gasteiger partial charge in [0, 0.05) is 0 Å². The molecule has 0 unspecified atom stereocenters. The van der Waals surface area contributed by atoms with E-state index in [0.29, 0.717) is 10.7 Å². The first-order chi connectivity index (χ1) is 12.7. The summed E-state index contributed by atoms with van der Waals surface area (Å²) in [6.45, 7) is 4.02. The van der Waals surface area contributed by atoms with Crippen molar-refractivity contribution >= 4 is 32.6 Å². The van der Waals surface area contributed by atoms with Crippen LogP contribution in [0, 0.1) is 6.92 Å². The van der Waals surface area contributed by atoms with E-state index in [1.54, 1.807) is 6.20 Å². The predicted octanol–water partition coefficient (Wildman–Crippen LogP) is 4.61. The van der Waals surface area contributed by atoms with Crippen molar-refractivity contribution in [2.75, 3.05) is 5.32 Å². The van der Waals surface area contributed by atoms with Gasteiger partial charge in [-0.25, -0.2) is 9.67 Å². The molecule has 0 saturated carbocycles. The highest BCUT2D eigenvalue weighted by Crippen LogP contribution is 2.26. The highest BCUT2D eigenvalue weighted by atomic mass is 32.1. The number of aryl methyl sites for hydroxylation is 1. The van der Waals surface area contributed by atoms with Crippen molar-refractivity contribution in [3.63, 3.8) is 0 Å². The van der Waals surface area contributed by atoms with Gasteiger partial charge in [-0.3, -0.25) is 10.1 Å². The van der Waals surface area contributed by atoms with Crippen LogP contribution >= 0.6 is 11.3 Å². The van der Waals surface area contributed by atoms with Gasteiger partial charge >= 0.3 is 0 Å². The molecule has 26 heavy (non-hydrogen) atoms. The largest absolute Gasteiger partial charge is 0.298 e. The van der Waals surface area contributed by atoms with Crippen LogP contribution < -0.4 is 5.32 Å². The predicted molar refractivity (Wildman–Crippen MR) is 105 cm³/mol. The number of benzene rings is 2. The number of amides is 1. The first-order valence-corrected chi connectivity index (χ1v) is 9.29. The van der Waals surface area contributed by atoms with E-state index in [1.807, 2.05) is 54.1 Å². The summed E-state index contributed by atoms with van der Waals surface area (Å²) in [5.74, 6) is -0.193. The third kappa shape index (κ3) is 2.88. The summed E-state index contributed by atoms with van der Waals surface area (Å²) in [4.78, 5) is 17.2. The molecule has 0 radical (unpaired) electrons. The number of nitrogens with one attached hydrogen (secondary N) is 1. The van der Waals surface area contributed by atoms with Crippen LogP contribution in [0.5, 0.6) is 0 Å². The normalized spacial score (nSPS) is 11.0. The smallest absolute Gasteiger partial charge is 0.260 e. The molecule has 0 bridgehead atoms. The van der Waals surface area contributed by atoms with Crippen molar-refractivity contribution in [2.45, 2.75) is 20.3 Å². The maximum Gasteiger partial charge on any atom is 0.260 e. The molecular weight excluding hydrogens is 344 g/mol. The van der Waals surface area contributed by atoms with Crippen molar-refractivity contribution in [1.29, 1.82) is 0 Å². The minimum absolute atomic E-state index is 0.193. The molecular formula is C20H18N4OS. The van der Waals surface area contributed by atoms with Crippen LogP contribution in [-0.4, -0.2) is 20.7 Å². The van der Waals surface area contributed by atoms with Gasteiger partial charge in [0.1, 0.15) is 0 Å². The van der Waals surface area contributed by atoms with E-state index >= 15 is 0 Å². The number of nitrogens with zero attached hydrogens (tertiary/aromatic N) is 3. The van der Waals surface area contributed by atoms with E-state index in [0.717, 1.165) is 28.0 Å². The number of hydrogen-bond donors (Lipinski definition) is 1. The summed E-state index contributed by atoms with van der Waals surface area (Å²) in [7, 11) is 0. The van der Waals surface area contributed by atoms with Gasteiger partial charge in [0.15, 0.2) is 5.13 Å². The molecule has 0 aliphatic carbocycles. The number of anilines is 1. The minimum atomic E-state index is -0.193. The van der Waals surface area contributed by atoms with Crippen molar-refractivity contribution in [3.8, 4) is 5.69 Å². The number of para-hydroxylation sites is 2. The number of carbonyl (C=O) groups excluding carboxylic acids is 1. The van der Waals surface area contributed by atoms with Gasteiger partial charge in [-0.2, -0.15) is 5.10 Å². The van der Waals surface area contributed by atoms with Crippen LogP contribution in [0.15, 0.2) is 54.7 Å². The lowest BCUT2D eigenvalue weighted by molar-refractivity contribution is 0.102. The minimum Gasteiger partial charge on any atom is -0.298 e. The second-order valence-electron chi connectivity index (χ2n) is 5.98. The Balaban J connectivity index is 1.64. The molecule has 0 atom stereocenters. The summed E-state index contributed by atoms with van der Waals surface area (Å²) in [5, 5.41) is 7.93. The summed E-state index contributed by atoms with van der Waals surface area (Å²) < 4.78 is 2.87. The van der Waals surface area contributed by atoms with Crippen LogP contribution in [0.3, 0.4) is 0 Å². The lowest BCUT2D eigenvalue weighted by Crippen LogP contribution is -2.13. The molecule has 6 heteroatoms. The molecule has 0 aliphatic heterocycles. The molecule has 2 aromatic heterocycles. The average molecular weight is 362 g/mol. The molecule has 2 heterocycles. The van der Waals surface area contributed by atoms with E-state index in [2.05, 4.69) is 28.4 Å². The molecule has 0 saturated heterocycles. The van der Waals surface area contributed by atoms with Gasteiger partial charge in [-0.1, -0.05) is 48.6 Å². The third-order valence-electron chi connectivity index (χ3n) is 4.37. The van der Waals surface area contributed by atoms with E-state index in [1.165, 1.54) is 16.9 Å². The highest BCUT2D eigenvalue weighted by Gasteiger charge is 2.17. The third-order valence-corrected chi connectivity index (χ3v) is 5.32. The first kappa shape index (κ1) is 16.5. The van der Waals surface area contributed by atoms with Crippen LogP contribution in [0.4, 0.5) is 5.13 Å². The van der Waals surface area contributed by atoms with Crippen LogP contribution in [0.25, 0.3) is 15.9 Å². The number of thiazole rings is 1. The first-order valence-electron chi connectivity index (χ1n) is 8.47. The van der Waals surface area contributed by atoms with Gasteiger partial charge in [0.05, 0.1) is 33.4 Å². The fraction of sp³-hybridized carbons (Fsp3) is 0.150. The van der Waals surface area contributed by atoms with Gasteiger partial charge in [0.25, 0.3) is 5.91 Å². The fourth-order valence-corrected chi connectivity index (χ4v) is 3.84. The standard InChI is InChI=1S/C20H18N4OS/c1-3-14-8-4-6-10-17(14)24-13(2)15(12-21-24)19(25)23-20-22-16-9-5-7-11-18(16)26-20/h4-12H,3H2,1-2H3,(H,22,23,25). The maximum atomic E-state index is 12.7. The molecule has 4 rings (SSSR count). The maximum absolute atomic E-state index is 12.7. The van der Waals surface area contributed by atoms with E-state index in [-0.39, 0.29) is 5.91 Å². The quantitative estimate of drug-likeness (QED) is 0.577. The summed E-state index contributed by atoms with van der Waals surface area (Å²) in [6.07, 6.45) is 2.52. The molecule has 1 amide bonds. The average Bonchev–Trinajstić information content (AvgIpc) is 3.24. The zero-order chi connectivity index (χ0) is 18.1. The van der Waals surface area contributed by atoms with E-state index in [4.69, 9.17) is 0 Å². The number of hydrogen-bond acceptors (Lipinski definition) is 4. The van der Waals surface area contributed by atoms with Crippen molar-refractivity contribution in [3.05, 3.63) is 71.5 Å². The molecule has 4 aromatic rings. The summed E-state index contributed by atoms with van der Waals surface area (Å²) in [5.41, 5.74) is 4.44. The Morgan fingerprint density at radius 1 is 1.15 bits per heavy atom. The molecule has 0 spiro atoms. The Labute approximate surface area is 155 Å². The number of carbonyl (C=O) groups is 1.